The van der Waals surface area contributed by atoms with E-state index in [1.165, 1.54) is 0 Å². The van der Waals surface area contributed by atoms with Gasteiger partial charge in [-0.15, -0.1) is 0 Å². The molecule has 2 saturated carbocycles. The van der Waals surface area contributed by atoms with Crippen LogP contribution in [0.1, 0.15) is 96.4 Å². The number of carbonyl (C=O) groups excluding carboxylic acids is 4. The fraction of sp³-hybridized carbons (Fsp3) is 0.600. The van der Waals surface area contributed by atoms with Gasteiger partial charge in [-0.1, -0.05) is 0 Å². The number of benzene rings is 2. The van der Waals surface area contributed by atoms with Crippen molar-refractivity contribution in [2.24, 2.45) is 11.8 Å². The van der Waals surface area contributed by atoms with Gasteiger partial charge < -0.3 is 39.1 Å². The van der Waals surface area contributed by atoms with Crippen molar-refractivity contribution in [1.82, 2.24) is 10.6 Å². The van der Waals surface area contributed by atoms with Crippen LogP contribution in [0.3, 0.4) is 0 Å². The first-order chi connectivity index (χ1) is 25.7. The molecule has 11 nitrogen and oxygen atoms in total. The standard InChI is InChI=1S/C21H27F2NO5.C19H23F2NO4/c1-5-27-18(25)12-8-13-14(9-12)17(23)16(10-15(13)22)28-11-21(6-7-21)24-19(26)29-20(2,3)4;1-18(2,3)26-17(24)22-19(4-5-19)10-25-15-8-14(20)12-6-11(9-23)7-13(12)16(15)21/h10,12H,5-9,11H2,1-4H3,(H,24,26);8-9,11H,4-7,10H2,1-3H3,(H,22,24). The molecule has 0 aromatic heterocycles. The summed E-state index contributed by atoms with van der Waals surface area (Å²) < 4.78 is 84.7. The van der Waals surface area contributed by atoms with Gasteiger partial charge in [0.15, 0.2) is 23.1 Å². The van der Waals surface area contributed by atoms with E-state index in [-0.39, 0.29) is 79.3 Å². The molecule has 2 fully saturated rings. The van der Waals surface area contributed by atoms with Crippen LogP contribution in [-0.4, -0.2) is 66.5 Å². The molecule has 2 aromatic carbocycles. The van der Waals surface area contributed by atoms with Gasteiger partial charge in [0.1, 0.15) is 42.3 Å². The fourth-order valence-corrected chi connectivity index (χ4v) is 6.53. The molecule has 302 valence electrons. The van der Waals surface area contributed by atoms with E-state index in [1.54, 1.807) is 48.5 Å². The van der Waals surface area contributed by atoms with Crippen LogP contribution in [0.4, 0.5) is 27.2 Å². The summed E-state index contributed by atoms with van der Waals surface area (Å²) in [4.78, 5) is 46.8. The molecule has 2 amide bonds. The van der Waals surface area contributed by atoms with Crippen molar-refractivity contribution in [3.8, 4) is 11.5 Å². The minimum Gasteiger partial charge on any atom is -0.488 e. The number of fused-ring (bicyclic) bond motifs is 2. The summed E-state index contributed by atoms with van der Waals surface area (Å²) >= 11 is 0. The van der Waals surface area contributed by atoms with Crippen molar-refractivity contribution in [3.63, 3.8) is 0 Å². The minimum atomic E-state index is -0.665. The Balaban J connectivity index is 0.000000212. The normalized spacial score (nSPS) is 19.8. The summed E-state index contributed by atoms with van der Waals surface area (Å²) in [6.07, 6.45) is 2.85. The van der Waals surface area contributed by atoms with E-state index < -0.39 is 75.5 Å². The van der Waals surface area contributed by atoms with Crippen LogP contribution >= 0.6 is 0 Å². The predicted octanol–water partition coefficient (Wildman–Crippen LogP) is 6.99. The van der Waals surface area contributed by atoms with E-state index in [0.29, 0.717) is 25.7 Å². The van der Waals surface area contributed by atoms with Crippen LogP contribution < -0.4 is 20.1 Å². The number of halogens is 4. The van der Waals surface area contributed by atoms with Crippen molar-refractivity contribution < 1.29 is 60.4 Å². The lowest BCUT2D eigenvalue weighted by Crippen LogP contribution is -2.44. The van der Waals surface area contributed by atoms with Gasteiger partial charge in [-0.2, -0.15) is 0 Å². The molecular weight excluding hydrogens is 728 g/mol. The fourth-order valence-electron chi connectivity index (χ4n) is 6.53. The number of nitrogens with one attached hydrogen (secondary N) is 2. The molecule has 2 aromatic rings. The Kier molecular flexibility index (Phi) is 12.0. The summed E-state index contributed by atoms with van der Waals surface area (Å²) in [6, 6.07) is 2.02. The second kappa shape index (κ2) is 15.9. The second-order valence-electron chi connectivity index (χ2n) is 16.8. The van der Waals surface area contributed by atoms with E-state index in [4.69, 9.17) is 23.7 Å². The van der Waals surface area contributed by atoms with Crippen LogP contribution in [0.25, 0.3) is 0 Å². The molecule has 6 rings (SSSR count). The summed E-state index contributed by atoms with van der Waals surface area (Å²) in [6.45, 7) is 12.5. The summed E-state index contributed by atoms with van der Waals surface area (Å²) in [5.74, 6) is -4.31. The lowest BCUT2D eigenvalue weighted by atomic mass is 10.1. The van der Waals surface area contributed by atoms with Crippen LogP contribution in [0.5, 0.6) is 11.5 Å². The largest absolute Gasteiger partial charge is 0.488 e. The second-order valence-corrected chi connectivity index (χ2v) is 16.8. The zero-order valence-electron chi connectivity index (χ0n) is 32.4. The topological polar surface area (TPSA) is 138 Å². The van der Waals surface area contributed by atoms with E-state index in [9.17, 15) is 36.7 Å². The van der Waals surface area contributed by atoms with E-state index in [1.807, 2.05) is 0 Å². The third-order valence-electron chi connectivity index (χ3n) is 9.68. The maximum absolute atomic E-state index is 14.9. The lowest BCUT2D eigenvalue weighted by molar-refractivity contribution is -0.147. The first-order valence-electron chi connectivity index (χ1n) is 18.6. The van der Waals surface area contributed by atoms with Gasteiger partial charge in [-0.05, 0) is 122 Å². The van der Waals surface area contributed by atoms with Crippen LogP contribution in [-0.2, 0) is 49.5 Å². The van der Waals surface area contributed by atoms with Crippen LogP contribution in [0, 0.1) is 35.1 Å². The van der Waals surface area contributed by atoms with E-state index >= 15 is 0 Å². The van der Waals surface area contributed by atoms with Gasteiger partial charge in [0.25, 0.3) is 0 Å². The molecular formula is C40H50F4N2O9. The van der Waals surface area contributed by atoms with Crippen molar-refractivity contribution in [2.75, 3.05) is 19.8 Å². The highest BCUT2D eigenvalue weighted by Gasteiger charge is 2.47. The van der Waals surface area contributed by atoms with Gasteiger partial charge in [0.05, 0.1) is 23.6 Å². The summed E-state index contributed by atoms with van der Waals surface area (Å²) in [5.41, 5.74) is -1.70. The average Bonchev–Trinajstić information content (AvgIpc) is 3.89. The number of hydrogen-bond donors (Lipinski definition) is 2. The van der Waals surface area contributed by atoms with Crippen molar-refractivity contribution in [1.29, 1.82) is 0 Å². The highest BCUT2D eigenvalue weighted by molar-refractivity contribution is 5.75. The SMILES string of the molecule is CC(C)(C)OC(=O)NC1(COc2cc(F)c3c(c2F)CC(C=O)C3)CC1.CCOC(=O)C1Cc2c(F)cc(OCC3(NC(=O)OC(C)(C)C)CC3)c(F)c2C1. The monoisotopic (exact) mass is 778 g/mol. The lowest BCUT2D eigenvalue weighted by Gasteiger charge is -2.23. The number of aldehydes is 1. The third kappa shape index (κ3) is 10.6. The quantitative estimate of drug-likeness (QED) is 0.107. The smallest absolute Gasteiger partial charge is 0.408 e. The van der Waals surface area contributed by atoms with E-state index in [2.05, 4.69) is 10.6 Å². The number of esters is 1. The summed E-state index contributed by atoms with van der Waals surface area (Å²) in [7, 11) is 0. The highest BCUT2D eigenvalue weighted by atomic mass is 19.1. The number of alkyl carbamates (subject to hydrolysis) is 2. The molecule has 2 N–H and O–H groups in total. The number of rotatable bonds is 11. The first kappa shape index (κ1) is 41.6. The van der Waals surface area contributed by atoms with Gasteiger partial charge in [-0.25, -0.2) is 27.2 Å². The van der Waals surface area contributed by atoms with Gasteiger partial charge in [-0.3, -0.25) is 4.79 Å². The number of carbonyl (C=O) groups is 4. The zero-order valence-corrected chi connectivity index (χ0v) is 32.4. The molecule has 0 radical (unpaired) electrons. The molecule has 4 aliphatic rings. The number of amides is 2. The Morgan fingerprint density at radius 1 is 0.709 bits per heavy atom. The number of hydrogen-bond acceptors (Lipinski definition) is 9. The molecule has 55 heavy (non-hydrogen) atoms. The molecule has 4 aliphatic carbocycles. The molecule has 0 spiro atoms. The molecule has 0 heterocycles. The van der Waals surface area contributed by atoms with Gasteiger partial charge >= 0.3 is 18.2 Å². The minimum absolute atomic E-state index is 0.00267. The Hall–Kier alpha value is -4.56. The Morgan fingerprint density at radius 2 is 1.11 bits per heavy atom. The maximum Gasteiger partial charge on any atom is 0.408 e. The van der Waals surface area contributed by atoms with Crippen LogP contribution in [0.15, 0.2) is 12.1 Å². The van der Waals surface area contributed by atoms with Crippen molar-refractivity contribution in [3.05, 3.63) is 57.7 Å². The predicted molar refractivity (Wildman–Crippen MR) is 191 cm³/mol. The molecule has 0 aliphatic heterocycles. The van der Waals surface area contributed by atoms with Crippen molar-refractivity contribution in [2.45, 2.75) is 122 Å². The first-order valence-corrected chi connectivity index (χ1v) is 18.6. The van der Waals surface area contributed by atoms with Gasteiger partial charge in [0.2, 0.25) is 0 Å². The zero-order chi connectivity index (χ0) is 40.5. The molecule has 0 saturated heterocycles. The highest BCUT2D eigenvalue weighted by Crippen LogP contribution is 2.41. The van der Waals surface area contributed by atoms with Crippen molar-refractivity contribution >= 4 is 24.4 Å². The maximum atomic E-state index is 14.9. The molecule has 0 bridgehead atoms. The van der Waals surface area contributed by atoms with E-state index in [0.717, 1.165) is 18.4 Å². The third-order valence-corrected chi connectivity index (χ3v) is 9.68. The Labute approximate surface area is 318 Å². The van der Waals surface area contributed by atoms with Crippen LogP contribution in [0.2, 0.25) is 0 Å². The number of ether oxygens (including phenoxy) is 5. The molecule has 2 atom stereocenters. The molecule has 2 unspecified atom stereocenters. The average molecular weight is 779 g/mol. The summed E-state index contributed by atoms with van der Waals surface area (Å²) in [5, 5.41) is 5.50. The molecule has 15 heteroatoms. The Morgan fingerprint density at radius 3 is 1.51 bits per heavy atom. The Bertz CT molecular complexity index is 1810. The van der Waals surface area contributed by atoms with Gasteiger partial charge in [0, 0.05) is 18.1 Å².